The molecule has 1 heterocycles. The third-order valence-electron chi connectivity index (χ3n) is 2.72. The van der Waals surface area contributed by atoms with E-state index in [2.05, 4.69) is 0 Å². The second-order valence-corrected chi connectivity index (χ2v) is 5.67. The molecule has 1 aliphatic rings. The normalized spacial score (nSPS) is 17.6. The van der Waals surface area contributed by atoms with Gasteiger partial charge in [-0.05, 0) is 30.5 Å². The van der Waals surface area contributed by atoms with E-state index in [-0.39, 0.29) is 0 Å². The van der Waals surface area contributed by atoms with Crippen LogP contribution in [0.5, 0.6) is 0 Å². The number of rotatable bonds is 3. The molecule has 4 heteroatoms. The summed E-state index contributed by atoms with van der Waals surface area (Å²) >= 11 is 8.09. The van der Waals surface area contributed by atoms with Gasteiger partial charge in [0.2, 0.25) is 0 Å². The monoisotopic (exact) mass is 257 g/mol. The van der Waals surface area contributed by atoms with Crippen molar-refractivity contribution >= 4 is 29.1 Å². The first-order valence-corrected chi connectivity index (χ1v) is 6.91. The van der Waals surface area contributed by atoms with Crippen molar-refractivity contribution in [1.29, 1.82) is 0 Å². The predicted molar refractivity (Wildman–Crippen MR) is 71.0 cm³/mol. The Hall–Kier alpha value is -0.380. The molecule has 1 aromatic carbocycles. The molecule has 2 nitrogen and oxygen atoms in total. The summed E-state index contributed by atoms with van der Waals surface area (Å²) in [7, 11) is 0. The molecular weight excluding hydrogens is 242 g/mol. The Balaban J connectivity index is 1.88. The third-order valence-corrected chi connectivity index (χ3v) is 4.49. The topological polar surface area (TPSA) is 35.2 Å². The summed E-state index contributed by atoms with van der Waals surface area (Å²) < 4.78 is 5.34. The quantitative estimate of drug-likeness (QED) is 0.844. The number of benzene rings is 1. The number of halogens is 1. The summed E-state index contributed by atoms with van der Waals surface area (Å²) in [6.07, 6.45) is 2.30. The summed E-state index contributed by atoms with van der Waals surface area (Å²) in [5.41, 5.74) is 7.56. The van der Waals surface area contributed by atoms with E-state index in [1.807, 2.05) is 30.0 Å². The molecule has 1 aliphatic heterocycles. The van der Waals surface area contributed by atoms with Crippen LogP contribution in [0.2, 0.25) is 5.02 Å². The molecule has 0 atom stereocenters. The van der Waals surface area contributed by atoms with E-state index < -0.39 is 0 Å². The maximum absolute atomic E-state index is 6.13. The van der Waals surface area contributed by atoms with Gasteiger partial charge in [-0.1, -0.05) is 17.7 Å². The van der Waals surface area contributed by atoms with Gasteiger partial charge in [0, 0.05) is 34.9 Å². The molecule has 1 aromatic rings. The van der Waals surface area contributed by atoms with E-state index in [4.69, 9.17) is 22.1 Å². The van der Waals surface area contributed by atoms with Gasteiger partial charge in [-0.25, -0.2) is 0 Å². The zero-order chi connectivity index (χ0) is 11.4. The number of hydrogen-bond donors (Lipinski definition) is 1. The minimum absolute atomic E-state index is 0.711. The molecular formula is C12H16ClNOS. The molecule has 2 N–H and O–H groups in total. The lowest BCUT2D eigenvalue weighted by Crippen LogP contribution is -2.17. The number of thioether (sulfide) groups is 1. The van der Waals surface area contributed by atoms with E-state index in [9.17, 15) is 0 Å². The van der Waals surface area contributed by atoms with Crippen LogP contribution in [0.25, 0.3) is 0 Å². The first-order chi connectivity index (χ1) is 7.75. The minimum atomic E-state index is 0.711. The van der Waals surface area contributed by atoms with E-state index in [0.717, 1.165) is 42.5 Å². The van der Waals surface area contributed by atoms with Crippen molar-refractivity contribution in [3.8, 4) is 0 Å². The maximum atomic E-state index is 6.13. The molecule has 1 fully saturated rings. The van der Waals surface area contributed by atoms with Crippen molar-refractivity contribution in [3.05, 3.63) is 28.8 Å². The zero-order valence-electron chi connectivity index (χ0n) is 9.12. The van der Waals surface area contributed by atoms with Crippen molar-refractivity contribution in [1.82, 2.24) is 0 Å². The zero-order valence-corrected chi connectivity index (χ0v) is 10.7. The minimum Gasteiger partial charge on any atom is -0.399 e. The molecule has 0 spiro atoms. The van der Waals surface area contributed by atoms with Gasteiger partial charge in [0.15, 0.2) is 0 Å². The average molecular weight is 258 g/mol. The van der Waals surface area contributed by atoms with Crippen molar-refractivity contribution in [2.45, 2.75) is 23.8 Å². The number of nitrogens with two attached hydrogens (primary N) is 1. The number of hydrogen-bond acceptors (Lipinski definition) is 3. The molecule has 1 saturated heterocycles. The van der Waals surface area contributed by atoms with Gasteiger partial charge in [-0.15, -0.1) is 0 Å². The molecule has 0 aliphatic carbocycles. The van der Waals surface area contributed by atoms with Crippen LogP contribution in [0.3, 0.4) is 0 Å². The predicted octanol–water partition coefficient (Wildman–Crippen LogP) is 3.33. The SMILES string of the molecule is Nc1ccc(CSC2CCOCC2)c(Cl)c1. The Kier molecular flexibility index (Phi) is 4.38. The lowest BCUT2D eigenvalue weighted by Gasteiger charge is -2.21. The highest BCUT2D eigenvalue weighted by atomic mass is 35.5. The number of ether oxygens (including phenoxy) is 1. The molecule has 0 aromatic heterocycles. The maximum Gasteiger partial charge on any atom is 0.0476 e. The fraction of sp³-hybridized carbons (Fsp3) is 0.500. The summed E-state index contributed by atoms with van der Waals surface area (Å²) in [4.78, 5) is 0. The Labute approximate surface area is 105 Å². The van der Waals surface area contributed by atoms with E-state index in [0.29, 0.717) is 5.25 Å². The Morgan fingerprint density at radius 1 is 1.38 bits per heavy atom. The van der Waals surface area contributed by atoms with Crippen LogP contribution in [0.15, 0.2) is 18.2 Å². The highest BCUT2D eigenvalue weighted by Crippen LogP contribution is 2.29. The highest BCUT2D eigenvalue weighted by Gasteiger charge is 2.14. The van der Waals surface area contributed by atoms with E-state index in [1.165, 1.54) is 5.56 Å². The Bertz CT molecular complexity index is 353. The molecule has 0 unspecified atom stereocenters. The van der Waals surface area contributed by atoms with E-state index >= 15 is 0 Å². The van der Waals surface area contributed by atoms with Gasteiger partial charge in [-0.2, -0.15) is 11.8 Å². The lowest BCUT2D eigenvalue weighted by molar-refractivity contribution is 0.1000. The van der Waals surface area contributed by atoms with Crippen LogP contribution in [0, 0.1) is 0 Å². The number of nitrogen functional groups attached to an aromatic ring is 1. The fourth-order valence-electron chi connectivity index (χ4n) is 1.73. The molecule has 0 bridgehead atoms. The number of anilines is 1. The second-order valence-electron chi connectivity index (χ2n) is 3.97. The largest absolute Gasteiger partial charge is 0.399 e. The molecule has 2 rings (SSSR count). The van der Waals surface area contributed by atoms with Crippen molar-refractivity contribution < 1.29 is 4.74 Å². The van der Waals surface area contributed by atoms with Crippen LogP contribution in [-0.2, 0) is 10.5 Å². The fourth-order valence-corrected chi connectivity index (χ4v) is 3.26. The summed E-state index contributed by atoms with van der Waals surface area (Å²) in [6.45, 7) is 1.79. The second kappa shape index (κ2) is 5.80. The van der Waals surface area contributed by atoms with Crippen molar-refractivity contribution in [2.75, 3.05) is 18.9 Å². The Morgan fingerprint density at radius 2 is 2.12 bits per heavy atom. The van der Waals surface area contributed by atoms with Crippen LogP contribution >= 0.6 is 23.4 Å². The lowest BCUT2D eigenvalue weighted by atomic mass is 10.2. The average Bonchev–Trinajstić information content (AvgIpc) is 2.29. The van der Waals surface area contributed by atoms with E-state index in [1.54, 1.807) is 0 Å². The highest BCUT2D eigenvalue weighted by molar-refractivity contribution is 7.99. The molecule has 0 amide bonds. The molecule has 88 valence electrons. The Morgan fingerprint density at radius 3 is 2.81 bits per heavy atom. The van der Waals surface area contributed by atoms with Crippen molar-refractivity contribution in [3.63, 3.8) is 0 Å². The van der Waals surface area contributed by atoms with Gasteiger partial charge >= 0.3 is 0 Å². The van der Waals surface area contributed by atoms with Crippen LogP contribution in [0.4, 0.5) is 5.69 Å². The van der Waals surface area contributed by atoms with Gasteiger partial charge in [0.05, 0.1) is 0 Å². The van der Waals surface area contributed by atoms with Gasteiger partial charge in [-0.3, -0.25) is 0 Å². The van der Waals surface area contributed by atoms with Crippen molar-refractivity contribution in [2.24, 2.45) is 0 Å². The molecule has 0 saturated carbocycles. The molecule has 0 radical (unpaired) electrons. The first-order valence-electron chi connectivity index (χ1n) is 5.49. The van der Waals surface area contributed by atoms with Gasteiger partial charge < -0.3 is 10.5 Å². The van der Waals surface area contributed by atoms with Crippen LogP contribution in [-0.4, -0.2) is 18.5 Å². The van der Waals surface area contributed by atoms with Gasteiger partial charge in [0.25, 0.3) is 0 Å². The van der Waals surface area contributed by atoms with Gasteiger partial charge in [0.1, 0.15) is 0 Å². The molecule has 16 heavy (non-hydrogen) atoms. The summed E-state index contributed by atoms with van der Waals surface area (Å²) in [5, 5.41) is 1.49. The summed E-state index contributed by atoms with van der Waals surface area (Å²) in [6, 6.07) is 5.75. The third kappa shape index (κ3) is 3.30. The summed E-state index contributed by atoms with van der Waals surface area (Å²) in [5.74, 6) is 0.962. The van der Waals surface area contributed by atoms with Crippen LogP contribution in [0.1, 0.15) is 18.4 Å². The standard InChI is InChI=1S/C12H16ClNOS/c13-12-7-10(14)2-1-9(12)8-16-11-3-5-15-6-4-11/h1-2,7,11H,3-6,8,14H2. The smallest absolute Gasteiger partial charge is 0.0476 e. The first kappa shape index (κ1) is 12.1. The van der Waals surface area contributed by atoms with Crippen LogP contribution < -0.4 is 5.73 Å².